The summed E-state index contributed by atoms with van der Waals surface area (Å²) in [5.74, 6) is 1.81. The normalized spacial score (nSPS) is 20.9. The fraction of sp³-hybridized carbons (Fsp3) is 0.316. The third kappa shape index (κ3) is 2.70. The maximum absolute atomic E-state index is 5.94. The molecule has 0 aliphatic carbocycles. The molecule has 23 heavy (non-hydrogen) atoms. The third-order valence-electron chi connectivity index (χ3n) is 4.48. The molecular formula is C19H20N2O2. The van der Waals surface area contributed by atoms with E-state index in [0.717, 1.165) is 48.7 Å². The number of aromatic nitrogens is 2. The van der Waals surface area contributed by atoms with Crippen molar-refractivity contribution in [2.45, 2.75) is 31.9 Å². The van der Waals surface area contributed by atoms with Crippen molar-refractivity contribution in [3.05, 3.63) is 55.1 Å². The molecule has 3 heterocycles. The van der Waals surface area contributed by atoms with Crippen molar-refractivity contribution < 1.29 is 9.15 Å². The van der Waals surface area contributed by atoms with E-state index in [9.17, 15) is 0 Å². The van der Waals surface area contributed by atoms with Gasteiger partial charge in [0.1, 0.15) is 11.6 Å². The van der Waals surface area contributed by atoms with E-state index in [1.165, 1.54) is 0 Å². The number of nitrogens with zero attached hydrogens (tertiary/aromatic N) is 2. The van der Waals surface area contributed by atoms with Crippen molar-refractivity contribution in [3.8, 4) is 22.7 Å². The van der Waals surface area contributed by atoms with Crippen LogP contribution in [0.25, 0.3) is 22.7 Å². The molecule has 118 valence electrons. The third-order valence-corrected chi connectivity index (χ3v) is 4.48. The van der Waals surface area contributed by atoms with Crippen molar-refractivity contribution >= 4 is 0 Å². The molecule has 1 fully saturated rings. The largest absolute Gasteiger partial charge is 0.464 e. The van der Waals surface area contributed by atoms with E-state index in [0.29, 0.717) is 0 Å². The Morgan fingerprint density at radius 2 is 2.04 bits per heavy atom. The van der Waals surface area contributed by atoms with Gasteiger partial charge in [0, 0.05) is 30.1 Å². The highest BCUT2D eigenvalue weighted by Crippen LogP contribution is 2.33. The van der Waals surface area contributed by atoms with Gasteiger partial charge in [0.05, 0.1) is 18.4 Å². The lowest BCUT2D eigenvalue weighted by Crippen LogP contribution is -2.29. The number of furan rings is 1. The zero-order chi connectivity index (χ0) is 15.7. The van der Waals surface area contributed by atoms with Gasteiger partial charge in [0.15, 0.2) is 0 Å². The molecule has 4 rings (SSSR count). The van der Waals surface area contributed by atoms with Crippen molar-refractivity contribution in [2.75, 3.05) is 6.61 Å². The maximum Gasteiger partial charge on any atom is 0.140 e. The monoisotopic (exact) mass is 308 g/mol. The highest BCUT2D eigenvalue weighted by molar-refractivity contribution is 5.78. The second-order valence-corrected chi connectivity index (χ2v) is 6.30. The summed E-state index contributed by atoms with van der Waals surface area (Å²) in [6.45, 7) is 3.85. The van der Waals surface area contributed by atoms with E-state index in [2.05, 4.69) is 28.6 Å². The molecule has 0 radical (unpaired) electrons. The summed E-state index contributed by atoms with van der Waals surface area (Å²) < 4.78 is 13.7. The second-order valence-electron chi connectivity index (χ2n) is 6.30. The van der Waals surface area contributed by atoms with E-state index < -0.39 is 0 Å². The zero-order valence-electron chi connectivity index (χ0n) is 13.2. The van der Waals surface area contributed by atoms with E-state index >= 15 is 0 Å². The second kappa shape index (κ2) is 5.70. The van der Waals surface area contributed by atoms with Crippen LogP contribution in [0.5, 0.6) is 0 Å². The Balaban J connectivity index is 1.74. The SMILES string of the molecule is C[C@]1(Cn2ccnc2-c2ccccc2-c2ccco2)CCCO1. The minimum absolute atomic E-state index is 0.102. The molecule has 3 aromatic rings. The van der Waals surface area contributed by atoms with E-state index in [4.69, 9.17) is 9.15 Å². The average molecular weight is 308 g/mol. The minimum atomic E-state index is -0.102. The van der Waals surface area contributed by atoms with Crippen LogP contribution in [-0.2, 0) is 11.3 Å². The van der Waals surface area contributed by atoms with Gasteiger partial charge < -0.3 is 13.7 Å². The molecule has 0 saturated carbocycles. The Hall–Kier alpha value is -2.33. The van der Waals surface area contributed by atoms with Crippen LogP contribution in [-0.4, -0.2) is 21.8 Å². The summed E-state index contributed by atoms with van der Waals surface area (Å²) in [5.41, 5.74) is 2.03. The molecular weight excluding hydrogens is 288 g/mol. The summed E-state index contributed by atoms with van der Waals surface area (Å²) in [6.07, 6.45) is 7.80. The first-order valence-corrected chi connectivity index (χ1v) is 8.04. The quantitative estimate of drug-likeness (QED) is 0.718. The highest BCUT2D eigenvalue weighted by atomic mass is 16.5. The molecule has 1 atom stereocenters. The molecule has 0 N–H and O–H groups in total. The molecule has 4 heteroatoms. The van der Waals surface area contributed by atoms with Gasteiger partial charge >= 0.3 is 0 Å². The predicted molar refractivity (Wildman–Crippen MR) is 89.0 cm³/mol. The number of hydrogen-bond donors (Lipinski definition) is 0. The van der Waals surface area contributed by atoms with Gasteiger partial charge in [-0.15, -0.1) is 0 Å². The first-order valence-electron chi connectivity index (χ1n) is 8.04. The minimum Gasteiger partial charge on any atom is -0.464 e. The molecule has 4 nitrogen and oxygen atoms in total. The topological polar surface area (TPSA) is 40.2 Å². The van der Waals surface area contributed by atoms with Gasteiger partial charge in [-0.1, -0.05) is 24.3 Å². The van der Waals surface area contributed by atoms with Crippen molar-refractivity contribution in [2.24, 2.45) is 0 Å². The lowest BCUT2D eigenvalue weighted by atomic mass is 10.0. The Morgan fingerprint density at radius 1 is 1.17 bits per heavy atom. The Morgan fingerprint density at radius 3 is 2.78 bits per heavy atom. The highest BCUT2D eigenvalue weighted by Gasteiger charge is 2.31. The molecule has 0 amide bonds. The Labute approximate surface area is 135 Å². The van der Waals surface area contributed by atoms with Crippen LogP contribution >= 0.6 is 0 Å². The summed E-state index contributed by atoms with van der Waals surface area (Å²) >= 11 is 0. The van der Waals surface area contributed by atoms with Gasteiger partial charge in [-0.2, -0.15) is 0 Å². The molecule has 1 aliphatic heterocycles. The number of benzene rings is 1. The number of hydrogen-bond acceptors (Lipinski definition) is 3. The van der Waals surface area contributed by atoms with Crippen molar-refractivity contribution in [1.82, 2.24) is 9.55 Å². The smallest absolute Gasteiger partial charge is 0.140 e. The summed E-state index contributed by atoms with van der Waals surface area (Å²) in [7, 11) is 0. The summed E-state index contributed by atoms with van der Waals surface area (Å²) in [4.78, 5) is 4.60. The number of imidazole rings is 1. The zero-order valence-corrected chi connectivity index (χ0v) is 13.2. The molecule has 0 unspecified atom stereocenters. The molecule has 0 bridgehead atoms. The van der Waals surface area contributed by atoms with E-state index in [1.807, 2.05) is 36.7 Å². The van der Waals surface area contributed by atoms with E-state index in [-0.39, 0.29) is 5.60 Å². The van der Waals surface area contributed by atoms with E-state index in [1.54, 1.807) is 6.26 Å². The Bertz CT molecular complexity index is 783. The predicted octanol–water partition coefficient (Wildman–Crippen LogP) is 4.38. The molecule has 1 aliphatic rings. The van der Waals surface area contributed by atoms with Gasteiger partial charge in [-0.25, -0.2) is 4.98 Å². The first-order chi connectivity index (χ1) is 11.3. The van der Waals surface area contributed by atoms with Crippen LogP contribution < -0.4 is 0 Å². The maximum atomic E-state index is 5.94. The van der Waals surface area contributed by atoms with Gasteiger partial charge in [-0.3, -0.25) is 0 Å². The molecule has 1 saturated heterocycles. The van der Waals surface area contributed by atoms with Crippen molar-refractivity contribution in [1.29, 1.82) is 0 Å². The fourth-order valence-electron chi connectivity index (χ4n) is 3.33. The standard InChI is InChI=1S/C19H20N2O2/c1-19(9-5-13-23-19)14-21-11-10-20-18(21)16-7-3-2-6-15(16)17-8-4-12-22-17/h2-4,6-8,10-12H,5,9,13-14H2,1H3/t19-/m1/s1. The van der Waals surface area contributed by atoms with Gasteiger partial charge in [-0.05, 0) is 31.9 Å². The van der Waals surface area contributed by atoms with Gasteiger partial charge in [0.2, 0.25) is 0 Å². The van der Waals surface area contributed by atoms with Crippen LogP contribution in [0.2, 0.25) is 0 Å². The van der Waals surface area contributed by atoms with Crippen LogP contribution in [0, 0.1) is 0 Å². The average Bonchev–Trinajstić information content (AvgIpc) is 3.29. The van der Waals surface area contributed by atoms with Crippen LogP contribution in [0.15, 0.2) is 59.5 Å². The fourth-order valence-corrected chi connectivity index (χ4v) is 3.33. The summed E-state index contributed by atoms with van der Waals surface area (Å²) in [6, 6.07) is 12.1. The van der Waals surface area contributed by atoms with Crippen molar-refractivity contribution in [3.63, 3.8) is 0 Å². The molecule has 0 spiro atoms. The summed E-state index contributed by atoms with van der Waals surface area (Å²) in [5, 5.41) is 0. The lowest BCUT2D eigenvalue weighted by Gasteiger charge is -2.24. The van der Waals surface area contributed by atoms with Gasteiger partial charge in [0.25, 0.3) is 0 Å². The molecule has 1 aromatic carbocycles. The lowest BCUT2D eigenvalue weighted by molar-refractivity contribution is 0.00657. The Kier molecular flexibility index (Phi) is 3.54. The first kappa shape index (κ1) is 14.3. The number of rotatable bonds is 4. The van der Waals surface area contributed by atoms with Crippen LogP contribution in [0.1, 0.15) is 19.8 Å². The van der Waals surface area contributed by atoms with Crippen LogP contribution in [0.3, 0.4) is 0 Å². The van der Waals surface area contributed by atoms with Crippen LogP contribution in [0.4, 0.5) is 0 Å². The number of ether oxygens (including phenoxy) is 1. The molecule has 2 aromatic heterocycles.